The van der Waals surface area contributed by atoms with Crippen LogP contribution in [0.25, 0.3) is 11.1 Å². The van der Waals surface area contributed by atoms with E-state index in [-0.39, 0.29) is 5.91 Å². The molecule has 1 amide bonds. The van der Waals surface area contributed by atoms with E-state index in [1.54, 1.807) is 22.7 Å². The summed E-state index contributed by atoms with van der Waals surface area (Å²) in [5, 5.41) is 1.66. The van der Waals surface area contributed by atoms with Gasteiger partial charge in [0.1, 0.15) is 9.93 Å². The summed E-state index contributed by atoms with van der Waals surface area (Å²) < 4.78 is 0. The quantitative estimate of drug-likeness (QED) is 0.301. The molecular formula is C27H23N3OS2. The molecule has 6 heteroatoms. The van der Waals surface area contributed by atoms with E-state index in [2.05, 4.69) is 48.7 Å². The average Bonchev–Trinajstić information content (AvgIpc) is 3.37. The molecule has 0 aliphatic carbocycles. The summed E-state index contributed by atoms with van der Waals surface area (Å²) in [5.74, 6) is -0.0235. The Balaban J connectivity index is 1.58. The van der Waals surface area contributed by atoms with Crippen LogP contribution in [0.5, 0.6) is 0 Å². The molecule has 2 aliphatic heterocycles. The highest BCUT2D eigenvalue weighted by atomic mass is 32.2. The Morgan fingerprint density at radius 2 is 1.64 bits per heavy atom. The van der Waals surface area contributed by atoms with E-state index in [9.17, 15) is 4.79 Å². The van der Waals surface area contributed by atoms with Gasteiger partial charge >= 0.3 is 0 Å². The number of aliphatic imine (C=N–C) groups is 1. The molecule has 2 heterocycles. The fourth-order valence-electron chi connectivity index (χ4n) is 3.96. The second-order valence-electron chi connectivity index (χ2n) is 7.53. The first-order valence-corrected chi connectivity index (χ1v) is 12.5. The van der Waals surface area contributed by atoms with Gasteiger partial charge < -0.3 is 4.90 Å². The summed E-state index contributed by atoms with van der Waals surface area (Å²) in [6.45, 7) is 7.18. The molecule has 5 rings (SSSR count). The van der Waals surface area contributed by atoms with Crippen LogP contribution >= 0.6 is 23.5 Å². The summed E-state index contributed by atoms with van der Waals surface area (Å²) in [6, 6.07) is 26.5. The van der Waals surface area contributed by atoms with Crippen molar-refractivity contribution < 1.29 is 4.79 Å². The molecule has 1 fully saturated rings. The number of hydrogen-bond acceptors (Lipinski definition) is 5. The molecule has 0 unspecified atom stereocenters. The predicted octanol–water partition coefficient (Wildman–Crippen LogP) is 6.90. The van der Waals surface area contributed by atoms with Gasteiger partial charge in [0, 0.05) is 23.5 Å². The lowest BCUT2D eigenvalue weighted by Crippen LogP contribution is -2.30. The first-order valence-electron chi connectivity index (χ1n) is 10.8. The van der Waals surface area contributed by atoms with E-state index in [4.69, 9.17) is 4.99 Å². The SMILES string of the molecule is C=CCN1C(=O)/C(=C2/Sc3ccccc3N2CC)SC1=Nc1ccccc1-c1ccccc1. The summed E-state index contributed by atoms with van der Waals surface area (Å²) in [7, 11) is 0. The maximum absolute atomic E-state index is 13.5. The monoisotopic (exact) mass is 469 g/mol. The fraction of sp³-hybridized carbons (Fsp3) is 0.111. The van der Waals surface area contributed by atoms with E-state index in [0.717, 1.165) is 39.0 Å². The van der Waals surface area contributed by atoms with Crippen LogP contribution in [-0.4, -0.2) is 29.1 Å². The molecule has 1 saturated heterocycles. The van der Waals surface area contributed by atoms with Crippen LogP contribution in [0.4, 0.5) is 11.4 Å². The van der Waals surface area contributed by atoms with Gasteiger partial charge in [0.2, 0.25) is 0 Å². The third-order valence-corrected chi connectivity index (χ3v) is 7.88. The highest BCUT2D eigenvalue weighted by molar-refractivity contribution is 8.19. The molecule has 0 spiro atoms. The van der Waals surface area contributed by atoms with E-state index in [1.807, 2.05) is 48.5 Å². The molecule has 3 aromatic rings. The number of hydrogen-bond donors (Lipinski definition) is 0. The lowest BCUT2D eigenvalue weighted by Gasteiger charge is -2.19. The number of anilines is 1. The minimum absolute atomic E-state index is 0.0235. The van der Waals surface area contributed by atoms with Gasteiger partial charge in [0.25, 0.3) is 5.91 Å². The molecule has 0 atom stereocenters. The highest BCUT2D eigenvalue weighted by Gasteiger charge is 2.39. The number of carbonyl (C=O) groups is 1. The van der Waals surface area contributed by atoms with E-state index >= 15 is 0 Å². The second kappa shape index (κ2) is 9.33. The molecule has 0 N–H and O–H groups in total. The lowest BCUT2D eigenvalue weighted by molar-refractivity contribution is -0.121. The van der Waals surface area contributed by atoms with Crippen molar-refractivity contribution in [3.05, 3.63) is 101 Å². The second-order valence-corrected chi connectivity index (χ2v) is 9.54. The standard InChI is InChI=1S/C27H23N3OS2/c1-3-18-30-25(31)24(26-29(4-2)22-16-10-11-17-23(22)32-26)33-27(30)28-21-15-9-8-14-20(21)19-12-6-5-7-13-19/h3,5-17H,1,4,18H2,2H3/b26-24-,28-27?. The maximum atomic E-state index is 13.5. The van der Waals surface area contributed by atoms with E-state index in [0.29, 0.717) is 11.7 Å². The van der Waals surface area contributed by atoms with Crippen molar-refractivity contribution in [2.45, 2.75) is 11.8 Å². The molecule has 164 valence electrons. The van der Waals surface area contributed by atoms with Crippen molar-refractivity contribution >= 4 is 46.0 Å². The van der Waals surface area contributed by atoms with Crippen molar-refractivity contribution in [2.75, 3.05) is 18.0 Å². The number of amidine groups is 1. The number of carbonyl (C=O) groups excluding carboxylic acids is 1. The van der Waals surface area contributed by atoms with Crippen LogP contribution in [-0.2, 0) is 4.79 Å². The van der Waals surface area contributed by atoms with Gasteiger partial charge in [0.15, 0.2) is 5.17 Å². The first-order chi connectivity index (χ1) is 16.2. The Morgan fingerprint density at radius 3 is 2.42 bits per heavy atom. The average molecular weight is 470 g/mol. The summed E-state index contributed by atoms with van der Waals surface area (Å²) in [5.41, 5.74) is 4.13. The molecule has 0 radical (unpaired) electrons. The smallest absolute Gasteiger partial charge is 0.269 e. The van der Waals surface area contributed by atoms with Gasteiger partial charge in [-0.25, -0.2) is 4.99 Å². The largest absolute Gasteiger partial charge is 0.334 e. The Hall–Kier alpha value is -3.22. The number of fused-ring (bicyclic) bond motifs is 1. The molecule has 0 bridgehead atoms. The predicted molar refractivity (Wildman–Crippen MR) is 141 cm³/mol. The zero-order chi connectivity index (χ0) is 22.8. The number of para-hydroxylation sites is 2. The van der Waals surface area contributed by atoms with Gasteiger partial charge in [-0.3, -0.25) is 9.69 Å². The van der Waals surface area contributed by atoms with Crippen LogP contribution < -0.4 is 4.90 Å². The van der Waals surface area contributed by atoms with E-state index in [1.165, 1.54) is 16.7 Å². The topological polar surface area (TPSA) is 35.9 Å². The minimum atomic E-state index is -0.0235. The Labute approximate surface area is 202 Å². The normalized spacial score (nSPS) is 18.8. The van der Waals surface area contributed by atoms with Crippen molar-refractivity contribution in [1.29, 1.82) is 0 Å². The third kappa shape index (κ3) is 4.01. The number of thioether (sulfide) groups is 2. The van der Waals surface area contributed by atoms with Gasteiger partial charge in [-0.2, -0.15) is 0 Å². The van der Waals surface area contributed by atoms with E-state index < -0.39 is 0 Å². The van der Waals surface area contributed by atoms with Crippen molar-refractivity contribution in [1.82, 2.24) is 4.90 Å². The Bertz CT molecular complexity index is 1280. The minimum Gasteiger partial charge on any atom is -0.334 e. The zero-order valence-electron chi connectivity index (χ0n) is 18.3. The maximum Gasteiger partial charge on any atom is 0.269 e. The number of nitrogens with zero attached hydrogens (tertiary/aromatic N) is 3. The van der Waals surface area contributed by atoms with Crippen LogP contribution in [0, 0.1) is 0 Å². The van der Waals surface area contributed by atoms with Crippen molar-refractivity contribution in [2.24, 2.45) is 4.99 Å². The van der Waals surface area contributed by atoms with Gasteiger partial charge in [0.05, 0.1) is 11.4 Å². The molecule has 0 saturated carbocycles. The third-order valence-electron chi connectivity index (χ3n) is 5.50. The Morgan fingerprint density at radius 1 is 0.909 bits per heavy atom. The van der Waals surface area contributed by atoms with Crippen LogP contribution in [0.15, 0.2) is 111 Å². The number of rotatable bonds is 5. The lowest BCUT2D eigenvalue weighted by atomic mass is 10.0. The van der Waals surface area contributed by atoms with Crippen LogP contribution in [0.1, 0.15) is 6.92 Å². The van der Waals surface area contributed by atoms with Gasteiger partial charge in [-0.1, -0.05) is 78.5 Å². The van der Waals surface area contributed by atoms with Gasteiger partial charge in [-0.05, 0) is 42.4 Å². The number of benzene rings is 3. The zero-order valence-corrected chi connectivity index (χ0v) is 19.9. The summed E-state index contributed by atoms with van der Waals surface area (Å²) in [6.07, 6.45) is 1.75. The molecule has 3 aromatic carbocycles. The molecular weight excluding hydrogens is 446 g/mol. The highest BCUT2D eigenvalue weighted by Crippen LogP contribution is 2.50. The first kappa shape index (κ1) is 21.6. The fourth-order valence-corrected chi connectivity index (χ4v) is 6.36. The number of amides is 1. The van der Waals surface area contributed by atoms with Crippen molar-refractivity contribution in [3.8, 4) is 11.1 Å². The molecule has 0 aromatic heterocycles. The molecule has 4 nitrogen and oxygen atoms in total. The van der Waals surface area contributed by atoms with Crippen molar-refractivity contribution in [3.63, 3.8) is 0 Å². The summed E-state index contributed by atoms with van der Waals surface area (Å²) in [4.78, 5) is 24.3. The molecule has 33 heavy (non-hydrogen) atoms. The summed E-state index contributed by atoms with van der Waals surface area (Å²) >= 11 is 3.10. The van der Waals surface area contributed by atoms with Crippen LogP contribution in [0.3, 0.4) is 0 Å². The van der Waals surface area contributed by atoms with Gasteiger partial charge in [-0.15, -0.1) is 6.58 Å². The Kier molecular flexibility index (Phi) is 6.11. The molecule has 2 aliphatic rings. The van der Waals surface area contributed by atoms with Crippen LogP contribution in [0.2, 0.25) is 0 Å².